The molecule has 1 aromatic heterocycles. The minimum absolute atomic E-state index is 0.122. The van der Waals surface area contributed by atoms with Crippen molar-refractivity contribution in [2.45, 2.75) is 6.92 Å². The van der Waals surface area contributed by atoms with E-state index in [0.717, 1.165) is 5.56 Å². The van der Waals surface area contributed by atoms with Gasteiger partial charge >= 0.3 is 5.97 Å². The third-order valence-corrected chi connectivity index (χ3v) is 3.45. The van der Waals surface area contributed by atoms with Gasteiger partial charge in [0.1, 0.15) is 4.60 Å². The van der Waals surface area contributed by atoms with Crippen molar-refractivity contribution in [2.24, 2.45) is 0 Å². The SMILES string of the molecule is Cc1ccc(C(=O)O)cc1-n1cc(Br)nc(Br)c1=O. The zero-order chi connectivity index (χ0) is 14.2. The molecule has 1 aromatic carbocycles. The third-order valence-electron chi connectivity index (χ3n) is 2.55. The van der Waals surface area contributed by atoms with Crippen LogP contribution in [0.2, 0.25) is 0 Å². The summed E-state index contributed by atoms with van der Waals surface area (Å²) in [5.74, 6) is -1.04. The lowest BCUT2D eigenvalue weighted by molar-refractivity contribution is 0.0697. The molecule has 0 spiro atoms. The Morgan fingerprint density at radius 3 is 2.68 bits per heavy atom. The minimum Gasteiger partial charge on any atom is -0.478 e. The first-order valence-corrected chi connectivity index (χ1v) is 6.78. The van der Waals surface area contributed by atoms with Gasteiger partial charge in [-0.2, -0.15) is 0 Å². The summed E-state index contributed by atoms with van der Waals surface area (Å²) in [4.78, 5) is 27.0. The number of benzene rings is 1. The van der Waals surface area contributed by atoms with Gasteiger partial charge in [0.25, 0.3) is 5.56 Å². The molecule has 0 unspecified atom stereocenters. The zero-order valence-corrected chi connectivity index (χ0v) is 12.9. The Kier molecular flexibility index (Phi) is 3.86. The van der Waals surface area contributed by atoms with Gasteiger partial charge in [0.05, 0.1) is 11.3 Å². The zero-order valence-electron chi connectivity index (χ0n) is 9.72. The predicted octanol–water partition coefficient (Wildman–Crippen LogP) is 2.76. The van der Waals surface area contributed by atoms with E-state index in [2.05, 4.69) is 36.8 Å². The Balaban J connectivity index is 2.75. The second kappa shape index (κ2) is 5.26. The van der Waals surface area contributed by atoms with Gasteiger partial charge in [-0.3, -0.25) is 9.36 Å². The summed E-state index contributed by atoms with van der Waals surface area (Å²) in [6.45, 7) is 1.80. The smallest absolute Gasteiger partial charge is 0.335 e. The Morgan fingerprint density at radius 2 is 2.05 bits per heavy atom. The number of carbonyl (C=O) groups is 1. The summed E-state index contributed by atoms with van der Waals surface area (Å²) in [5, 5.41) is 9.01. The second-order valence-electron chi connectivity index (χ2n) is 3.84. The van der Waals surface area contributed by atoms with Crippen molar-refractivity contribution in [3.05, 3.63) is 55.1 Å². The molecule has 0 aliphatic carbocycles. The van der Waals surface area contributed by atoms with Crippen LogP contribution >= 0.6 is 31.9 Å². The number of hydrogen-bond acceptors (Lipinski definition) is 3. The average molecular weight is 388 g/mol. The summed E-state index contributed by atoms with van der Waals surface area (Å²) in [6.07, 6.45) is 1.50. The fourth-order valence-electron chi connectivity index (χ4n) is 1.62. The van der Waals surface area contributed by atoms with Gasteiger partial charge in [0.15, 0.2) is 4.60 Å². The van der Waals surface area contributed by atoms with Gasteiger partial charge in [-0.25, -0.2) is 9.78 Å². The first kappa shape index (κ1) is 14.0. The monoisotopic (exact) mass is 386 g/mol. The number of hydrogen-bond donors (Lipinski definition) is 1. The number of nitrogens with zero attached hydrogens (tertiary/aromatic N) is 2. The maximum atomic E-state index is 12.0. The number of halogens is 2. The van der Waals surface area contributed by atoms with Crippen LogP contribution in [0.25, 0.3) is 5.69 Å². The molecule has 7 heteroatoms. The molecule has 1 N–H and O–H groups in total. The van der Waals surface area contributed by atoms with Crippen LogP contribution in [0.4, 0.5) is 0 Å². The summed E-state index contributed by atoms with van der Waals surface area (Å²) in [6, 6.07) is 4.61. The van der Waals surface area contributed by atoms with Crippen molar-refractivity contribution in [2.75, 3.05) is 0 Å². The van der Waals surface area contributed by atoms with Gasteiger partial charge < -0.3 is 5.11 Å². The molecule has 98 valence electrons. The van der Waals surface area contributed by atoms with E-state index in [1.807, 2.05) is 0 Å². The van der Waals surface area contributed by atoms with E-state index in [4.69, 9.17) is 5.11 Å². The van der Waals surface area contributed by atoms with Gasteiger partial charge in [0, 0.05) is 6.20 Å². The first-order chi connectivity index (χ1) is 8.90. The molecule has 0 fully saturated rings. The lowest BCUT2D eigenvalue weighted by atomic mass is 10.1. The largest absolute Gasteiger partial charge is 0.478 e. The number of aromatic carboxylic acids is 1. The van der Waals surface area contributed by atoms with Crippen molar-refractivity contribution in [1.29, 1.82) is 0 Å². The highest BCUT2D eigenvalue weighted by Gasteiger charge is 2.11. The van der Waals surface area contributed by atoms with Gasteiger partial charge in [-0.05, 0) is 56.5 Å². The van der Waals surface area contributed by atoms with Crippen molar-refractivity contribution in [3.63, 3.8) is 0 Å². The lowest BCUT2D eigenvalue weighted by Crippen LogP contribution is -2.21. The summed E-state index contributed by atoms with van der Waals surface area (Å²) < 4.78 is 1.98. The molecule has 0 aliphatic heterocycles. The van der Waals surface area contributed by atoms with Crippen molar-refractivity contribution < 1.29 is 9.90 Å². The molecular formula is C12H8Br2N2O3. The molecule has 19 heavy (non-hydrogen) atoms. The minimum atomic E-state index is -1.04. The van der Waals surface area contributed by atoms with Crippen molar-refractivity contribution in [3.8, 4) is 5.69 Å². The topological polar surface area (TPSA) is 72.2 Å². The fraction of sp³-hybridized carbons (Fsp3) is 0.0833. The number of carboxylic acids is 1. The van der Waals surface area contributed by atoms with Crippen LogP contribution in [-0.2, 0) is 0 Å². The molecule has 0 saturated carbocycles. The highest BCUT2D eigenvalue weighted by atomic mass is 79.9. The Hall–Kier alpha value is -1.47. The average Bonchev–Trinajstić information content (AvgIpc) is 2.34. The second-order valence-corrected chi connectivity index (χ2v) is 5.40. The van der Waals surface area contributed by atoms with Crippen LogP contribution < -0.4 is 5.56 Å². The molecule has 2 aromatic rings. The van der Waals surface area contributed by atoms with Crippen LogP contribution in [0.3, 0.4) is 0 Å². The summed E-state index contributed by atoms with van der Waals surface area (Å²) >= 11 is 6.27. The standard InChI is InChI=1S/C12H8Br2N2O3/c1-6-2-3-7(12(18)19)4-8(6)16-5-9(13)15-10(14)11(16)17/h2-5H,1H3,(H,18,19). The molecule has 1 heterocycles. The van der Waals surface area contributed by atoms with Crippen LogP contribution in [-0.4, -0.2) is 20.6 Å². The molecule has 0 amide bonds. The number of aryl methyl sites for hydroxylation is 1. The third kappa shape index (κ3) is 2.76. The van der Waals surface area contributed by atoms with E-state index in [9.17, 15) is 9.59 Å². The van der Waals surface area contributed by atoms with E-state index in [1.165, 1.54) is 22.9 Å². The molecule has 0 atom stereocenters. The van der Waals surface area contributed by atoms with Crippen molar-refractivity contribution >= 4 is 37.8 Å². The van der Waals surface area contributed by atoms with E-state index < -0.39 is 5.97 Å². The van der Waals surface area contributed by atoms with Crippen LogP contribution in [0.15, 0.2) is 38.4 Å². The van der Waals surface area contributed by atoms with E-state index in [-0.39, 0.29) is 15.7 Å². The van der Waals surface area contributed by atoms with E-state index in [0.29, 0.717) is 10.3 Å². The maximum Gasteiger partial charge on any atom is 0.335 e. The van der Waals surface area contributed by atoms with Crippen molar-refractivity contribution in [1.82, 2.24) is 9.55 Å². The Labute approximate surface area is 125 Å². The summed E-state index contributed by atoms with van der Waals surface area (Å²) in [7, 11) is 0. The predicted molar refractivity (Wildman–Crippen MR) is 76.9 cm³/mol. The number of carboxylic acid groups (broad SMARTS) is 1. The quantitative estimate of drug-likeness (QED) is 0.859. The molecule has 0 bridgehead atoms. The van der Waals surface area contributed by atoms with Crippen LogP contribution in [0.5, 0.6) is 0 Å². The molecule has 5 nitrogen and oxygen atoms in total. The van der Waals surface area contributed by atoms with E-state index >= 15 is 0 Å². The highest BCUT2D eigenvalue weighted by molar-refractivity contribution is 9.11. The molecule has 0 aliphatic rings. The fourth-order valence-corrected chi connectivity index (χ4v) is 2.62. The number of rotatable bonds is 2. The maximum absolute atomic E-state index is 12.0. The van der Waals surface area contributed by atoms with Crippen LogP contribution in [0, 0.1) is 6.92 Å². The first-order valence-electron chi connectivity index (χ1n) is 5.19. The molecule has 2 rings (SSSR count). The Morgan fingerprint density at radius 1 is 1.37 bits per heavy atom. The molecule has 0 radical (unpaired) electrons. The normalized spacial score (nSPS) is 10.5. The van der Waals surface area contributed by atoms with Crippen LogP contribution in [0.1, 0.15) is 15.9 Å². The Bertz CT molecular complexity index is 725. The molecular weight excluding hydrogens is 380 g/mol. The molecule has 0 saturated heterocycles. The van der Waals surface area contributed by atoms with Gasteiger partial charge in [-0.1, -0.05) is 6.07 Å². The lowest BCUT2D eigenvalue weighted by Gasteiger charge is -2.10. The van der Waals surface area contributed by atoms with E-state index in [1.54, 1.807) is 13.0 Å². The highest BCUT2D eigenvalue weighted by Crippen LogP contribution is 2.17. The van der Waals surface area contributed by atoms with Gasteiger partial charge in [0.2, 0.25) is 0 Å². The number of aromatic nitrogens is 2. The summed E-state index contributed by atoms with van der Waals surface area (Å²) in [5.41, 5.74) is 1.07. The van der Waals surface area contributed by atoms with Gasteiger partial charge in [-0.15, -0.1) is 0 Å².